The van der Waals surface area contributed by atoms with Gasteiger partial charge in [0.15, 0.2) is 5.92 Å². The molecule has 0 bridgehead atoms. The van der Waals surface area contributed by atoms with Gasteiger partial charge in [0.2, 0.25) is 0 Å². The highest BCUT2D eigenvalue weighted by Gasteiger charge is 2.25. The SMILES string of the molecule is C[N+](C)(C)CCCCC(C(=O)O)C(=O)O. The number of quaternary nitrogens is 1. The standard InChI is InChI=1S/C10H19NO4/c1-11(2,3)7-5-4-6-8(9(12)13)10(14)15/h8H,4-7H2,1-3H3,(H-,12,13,14,15)/p+1. The molecule has 0 aliphatic heterocycles. The third kappa shape index (κ3) is 6.90. The fraction of sp³-hybridized carbons (Fsp3) is 0.800. The van der Waals surface area contributed by atoms with Crippen LogP contribution in [0.4, 0.5) is 0 Å². The quantitative estimate of drug-likeness (QED) is 0.374. The normalized spacial score (nSPS) is 11.7. The summed E-state index contributed by atoms with van der Waals surface area (Å²) >= 11 is 0. The van der Waals surface area contributed by atoms with E-state index in [1.54, 1.807) is 0 Å². The summed E-state index contributed by atoms with van der Waals surface area (Å²) in [5, 5.41) is 17.2. The summed E-state index contributed by atoms with van der Waals surface area (Å²) in [5.41, 5.74) is 0. The van der Waals surface area contributed by atoms with E-state index in [1.165, 1.54) is 0 Å². The van der Waals surface area contributed by atoms with Crippen molar-refractivity contribution in [3.8, 4) is 0 Å². The average Bonchev–Trinajstić information content (AvgIpc) is 2.00. The molecule has 0 atom stereocenters. The van der Waals surface area contributed by atoms with Gasteiger partial charge in [0, 0.05) is 0 Å². The van der Waals surface area contributed by atoms with Crippen LogP contribution in [0.5, 0.6) is 0 Å². The van der Waals surface area contributed by atoms with Gasteiger partial charge in [-0.05, 0) is 19.3 Å². The molecular formula is C10H20NO4+. The summed E-state index contributed by atoms with van der Waals surface area (Å²) in [4.78, 5) is 21.1. The number of nitrogens with zero attached hydrogens (tertiary/aromatic N) is 1. The molecule has 5 heteroatoms. The van der Waals surface area contributed by atoms with Crippen LogP contribution in [0.1, 0.15) is 19.3 Å². The minimum absolute atomic E-state index is 0.213. The molecule has 0 saturated carbocycles. The Morgan fingerprint density at radius 2 is 1.53 bits per heavy atom. The first-order chi connectivity index (χ1) is 6.74. The predicted molar refractivity (Wildman–Crippen MR) is 55.5 cm³/mol. The summed E-state index contributed by atoms with van der Waals surface area (Å²) in [6.45, 7) is 0.923. The lowest BCUT2D eigenvalue weighted by Crippen LogP contribution is -2.35. The smallest absolute Gasteiger partial charge is 0.317 e. The third-order valence-electron chi connectivity index (χ3n) is 2.17. The second-order valence-electron chi connectivity index (χ2n) is 4.74. The largest absolute Gasteiger partial charge is 0.481 e. The Morgan fingerprint density at radius 3 is 1.87 bits per heavy atom. The molecule has 0 rings (SSSR count). The fourth-order valence-electron chi connectivity index (χ4n) is 1.29. The van der Waals surface area contributed by atoms with Crippen molar-refractivity contribution in [1.82, 2.24) is 0 Å². The van der Waals surface area contributed by atoms with Crippen molar-refractivity contribution in [2.75, 3.05) is 27.7 Å². The molecule has 2 N–H and O–H groups in total. The van der Waals surface area contributed by atoms with Crippen LogP contribution in [0.15, 0.2) is 0 Å². The van der Waals surface area contributed by atoms with E-state index in [0.29, 0.717) is 6.42 Å². The Bertz CT molecular complexity index is 218. The number of hydrogen-bond acceptors (Lipinski definition) is 2. The van der Waals surface area contributed by atoms with Crippen molar-refractivity contribution in [2.45, 2.75) is 19.3 Å². The first-order valence-corrected chi connectivity index (χ1v) is 5.00. The molecule has 0 aliphatic carbocycles. The zero-order chi connectivity index (χ0) is 12.1. The first kappa shape index (κ1) is 13.9. The van der Waals surface area contributed by atoms with Crippen molar-refractivity contribution in [2.24, 2.45) is 5.92 Å². The molecule has 0 fully saturated rings. The molecule has 0 aromatic carbocycles. The van der Waals surface area contributed by atoms with Crippen LogP contribution in [-0.4, -0.2) is 54.3 Å². The summed E-state index contributed by atoms with van der Waals surface area (Å²) in [7, 11) is 6.14. The van der Waals surface area contributed by atoms with E-state index in [0.717, 1.165) is 17.4 Å². The van der Waals surface area contributed by atoms with Crippen LogP contribution in [-0.2, 0) is 9.59 Å². The Kier molecular flexibility index (Phi) is 5.28. The lowest BCUT2D eigenvalue weighted by atomic mass is 10.0. The van der Waals surface area contributed by atoms with Gasteiger partial charge in [-0.1, -0.05) is 0 Å². The molecule has 0 radical (unpaired) electrons. The summed E-state index contributed by atoms with van der Waals surface area (Å²) < 4.78 is 0.810. The van der Waals surface area contributed by atoms with Crippen molar-refractivity contribution in [3.63, 3.8) is 0 Å². The lowest BCUT2D eigenvalue weighted by molar-refractivity contribution is -0.870. The van der Waals surface area contributed by atoms with E-state index in [4.69, 9.17) is 10.2 Å². The van der Waals surface area contributed by atoms with Crippen molar-refractivity contribution in [1.29, 1.82) is 0 Å². The Hall–Kier alpha value is -1.10. The van der Waals surface area contributed by atoms with E-state index >= 15 is 0 Å². The van der Waals surface area contributed by atoms with Gasteiger partial charge in [-0.15, -0.1) is 0 Å². The third-order valence-corrected chi connectivity index (χ3v) is 2.17. The maximum Gasteiger partial charge on any atom is 0.317 e. The van der Waals surface area contributed by atoms with E-state index in [9.17, 15) is 9.59 Å². The van der Waals surface area contributed by atoms with Crippen LogP contribution in [0.3, 0.4) is 0 Å². The maximum atomic E-state index is 10.5. The van der Waals surface area contributed by atoms with Crippen LogP contribution < -0.4 is 0 Å². The number of hydrogen-bond donors (Lipinski definition) is 2. The number of carboxylic acids is 2. The highest BCUT2D eigenvalue weighted by atomic mass is 16.4. The first-order valence-electron chi connectivity index (χ1n) is 5.00. The van der Waals surface area contributed by atoms with Crippen LogP contribution in [0, 0.1) is 5.92 Å². The Labute approximate surface area is 89.9 Å². The average molecular weight is 218 g/mol. The molecular weight excluding hydrogens is 198 g/mol. The molecule has 0 unspecified atom stereocenters. The van der Waals surface area contributed by atoms with E-state index in [2.05, 4.69) is 0 Å². The van der Waals surface area contributed by atoms with Gasteiger partial charge in [0.05, 0.1) is 27.7 Å². The lowest BCUT2D eigenvalue weighted by Gasteiger charge is -2.23. The maximum absolute atomic E-state index is 10.5. The molecule has 0 aromatic heterocycles. The topological polar surface area (TPSA) is 74.6 Å². The minimum Gasteiger partial charge on any atom is -0.481 e. The zero-order valence-electron chi connectivity index (χ0n) is 9.56. The van der Waals surface area contributed by atoms with E-state index in [1.807, 2.05) is 21.1 Å². The molecule has 0 aliphatic rings. The van der Waals surface area contributed by atoms with Gasteiger partial charge < -0.3 is 14.7 Å². The van der Waals surface area contributed by atoms with Crippen molar-refractivity contribution >= 4 is 11.9 Å². The number of unbranched alkanes of at least 4 members (excludes halogenated alkanes) is 1. The zero-order valence-corrected chi connectivity index (χ0v) is 9.56. The second kappa shape index (κ2) is 5.70. The predicted octanol–water partition coefficient (Wildman–Crippen LogP) is 0.648. The van der Waals surface area contributed by atoms with E-state index in [-0.39, 0.29) is 6.42 Å². The van der Waals surface area contributed by atoms with Crippen molar-refractivity contribution < 1.29 is 24.3 Å². The van der Waals surface area contributed by atoms with Crippen LogP contribution in [0.2, 0.25) is 0 Å². The number of aliphatic carboxylic acids is 2. The highest BCUT2D eigenvalue weighted by molar-refractivity contribution is 5.92. The fourth-order valence-corrected chi connectivity index (χ4v) is 1.29. The summed E-state index contributed by atoms with van der Waals surface area (Å²) in [6.07, 6.45) is 1.70. The molecule has 0 heterocycles. The molecule has 0 saturated heterocycles. The number of carboxylic acid groups (broad SMARTS) is 2. The van der Waals surface area contributed by atoms with Crippen LogP contribution >= 0.6 is 0 Å². The summed E-state index contributed by atoms with van der Waals surface area (Å²) in [5.74, 6) is -3.74. The molecule has 88 valence electrons. The van der Waals surface area contributed by atoms with Crippen LogP contribution in [0.25, 0.3) is 0 Å². The molecule has 0 aromatic rings. The van der Waals surface area contributed by atoms with Gasteiger partial charge in [-0.3, -0.25) is 9.59 Å². The van der Waals surface area contributed by atoms with Gasteiger partial charge in [0.25, 0.3) is 0 Å². The molecule has 5 nitrogen and oxygen atoms in total. The highest BCUT2D eigenvalue weighted by Crippen LogP contribution is 2.10. The molecule has 15 heavy (non-hydrogen) atoms. The second-order valence-corrected chi connectivity index (χ2v) is 4.74. The molecule has 0 amide bonds. The van der Waals surface area contributed by atoms with E-state index < -0.39 is 17.9 Å². The van der Waals surface area contributed by atoms with Gasteiger partial charge in [-0.2, -0.15) is 0 Å². The number of rotatable bonds is 7. The number of carbonyl (C=O) groups is 2. The summed E-state index contributed by atoms with van der Waals surface area (Å²) in [6, 6.07) is 0. The van der Waals surface area contributed by atoms with Gasteiger partial charge >= 0.3 is 11.9 Å². The monoisotopic (exact) mass is 218 g/mol. The van der Waals surface area contributed by atoms with Gasteiger partial charge in [-0.25, -0.2) is 0 Å². The molecule has 0 spiro atoms. The Morgan fingerprint density at radius 1 is 1.07 bits per heavy atom. The van der Waals surface area contributed by atoms with Crippen molar-refractivity contribution in [3.05, 3.63) is 0 Å². The minimum atomic E-state index is -1.25. The van der Waals surface area contributed by atoms with Gasteiger partial charge in [0.1, 0.15) is 0 Å². The Balaban J connectivity index is 3.83.